The third-order valence-corrected chi connectivity index (χ3v) is 3.17. The van der Waals surface area contributed by atoms with Gasteiger partial charge < -0.3 is 5.32 Å². The molecule has 0 atom stereocenters. The second kappa shape index (κ2) is 3.48. The van der Waals surface area contributed by atoms with Crippen molar-refractivity contribution in [3.8, 4) is 0 Å². The first-order valence-corrected chi connectivity index (χ1v) is 5.73. The summed E-state index contributed by atoms with van der Waals surface area (Å²) in [6.45, 7) is 8.67. The molecule has 4 heteroatoms. The van der Waals surface area contributed by atoms with E-state index in [-0.39, 0.29) is 22.9 Å². The molecule has 0 aromatic heterocycles. The molecule has 0 radical (unpaired) electrons. The van der Waals surface area contributed by atoms with E-state index in [1.165, 1.54) is 6.34 Å². The van der Waals surface area contributed by atoms with Crippen molar-refractivity contribution in [2.45, 2.75) is 51.6 Å². The highest BCUT2D eigenvalue weighted by Gasteiger charge is 2.41. The van der Waals surface area contributed by atoms with Crippen LogP contribution < -0.4 is 5.32 Å². The van der Waals surface area contributed by atoms with Gasteiger partial charge in [-0.15, -0.1) is 0 Å². The summed E-state index contributed by atoms with van der Waals surface area (Å²) in [6, 6.07) is 0. The first kappa shape index (κ1) is 11.5. The van der Waals surface area contributed by atoms with Crippen molar-refractivity contribution >= 4 is 18.0 Å². The molecule has 0 aromatic rings. The lowest BCUT2D eigenvalue weighted by Gasteiger charge is -2.46. The maximum atomic E-state index is 11.5. The molecule has 1 saturated heterocycles. The average Bonchev–Trinajstić information content (AvgIpc) is 2.45. The Kier molecular flexibility index (Phi) is 2.49. The number of piperidine rings is 1. The van der Waals surface area contributed by atoms with Crippen molar-refractivity contribution in [3.63, 3.8) is 0 Å². The quantitative estimate of drug-likeness (QED) is 0.730. The van der Waals surface area contributed by atoms with Crippen LogP contribution in [0, 0.1) is 5.92 Å². The van der Waals surface area contributed by atoms with E-state index in [0.29, 0.717) is 5.71 Å². The zero-order valence-corrected chi connectivity index (χ0v) is 10.4. The fraction of sp³-hybridized carbons (Fsp3) is 0.750. The predicted octanol–water partition coefficient (Wildman–Crippen LogP) is 1.55. The van der Waals surface area contributed by atoms with Gasteiger partial charge in [0.15, 0.2) is 0 Å². The van der Waals surface area contributed by atoms with E-state index < -0.39 is 0 Å². The van der Waals surface area contributed by atoms with Crippen LogP contribution in [-0.2, 0) is 4.79 Å². The van der Waals surface area contributed by atoms with E-state index >= 15 is 0 Å². The summed E-state index contributed by atoms with van der Waals surface area (Å²) in [5, 5.41) is 3.59. The second-order valence-corrected chi connectivity index (χ2v) is 6.06. The van der Waals surface area contributed by atoms with Crippen molar-refractivity contribution in [1.82, 2.24) is 5.32 Å². The van der Waals surface area contributed by atoms with E-state index in [4.69, 9.17) is 0 Å². The Morgan fingerprint density at radius 2 is 1.81 bits per heavy atom. The SMILES string of the molecule is CC1(C)CC(C2=NC=NC2=O)CC(C)(C)N1. The Hall–Kier alpha value is -1.03. The minimum Gasteiger partial charge on any atom is -0.307 e. The maximum absolute atomic E-state index is 11.5. The van der Waals surface area contributed by atoms with Gasteiger partial charge in [-0.05, 0) is 40.5 Å². The van der Waals surface area contributed by atoms with Crippen LogP contribution in [0.5, 0.6) is 0 Å². The van der Waals surface area contributed by atoms with Crippen LogP contribution in [0.4, 0.5) is 0 Å². The first-order valence-electron chi connectivity index (χ1n) is 5.73. The zero-order chi connectivity index (χ0) is 12.0. The van der Waals surface area contributed by atoms with Gasteiger partial charge in [0, 0.05) is 17.0 Å². The van der Waals surface area contributed by atoms with Crippen molar-refractivity contribution in [3.05, 3.63) is 0 Å². The number of amides is 1. The van der Waals surface area contributed by atoms with Gasteiger partial charge in [-0.1, -0.05) is 0 Å². The number of aliphatic imine (C=N–C) groups is 2. The van der Waals surface area contributed by atoms with Crippen molar-refractivity contribution < 1.29 is 4.79 Å². The topological polar surface area (TPSA) is 53.8 Å². The minimum absolute atomic E-state index is 0.0395. The summed E-state index contributed by atoms with van der Waals surface area (Å²) >= 11 is 0. The number of carbonyl (C=O) groups is 1. The number of hydrogen-bond donors (Lipinski definition) is 1. The molecule has 1 N–H and O–H groups in total. The van der Waals surface area contributed by atoms with Crippen LogP contribution in [-0.4, -0.2) is 29.0 Å². The van der Waals surface area contributed by atoms with Crippen LogP contribution in [0.15, 0.2) is 9.98 Å². The predicted molar refractivity (Wildman–Crippen MR) is 65.0 cm³/mol. The molecule has 0 saturated carbocycles. The van der Waals surface area contributed by atoms with Gasteiger partial charge in [-0.25, -0.2) is 4.99 Å². The van der Waals surface area contributed by atoms with Crippen LogP contribution in [0.2, 0.25) is 0 Å². The molecular formula is C12H19N3O. The Morgan fingerprint density at radius 1 is 1.25 bits per heavy atom. The van der Waals surface area contributed by atoms with E-state index in [2.05, 4.69) is 43.0 Å². The van der Waals surface area contributed by atoms with E-state index in [0.717, 1.165) is 12.8 Å². The molecule has 88 valence electrons. The number of nitrogens with one attached hydrogen (secondary N) is 1. The van der Waals surface area contributed by atoms with Crippen molar-refractivity contribution in [1.29, 1.82) is 0 Å². The highest BCUT2D eigenvalue weighted by atomic mass is 16.1. The van der Waals surface area contributed by atoms with Gasteiger partial charge in [-0.3, -0.25) is 4.79 Å². The summed E-state index contributed by atoms with van der Waals surface area (Å²) in [4.78, 5) is 19.4. The summed E-state index contributed by atoms with van der Waals surface area (Å²) in [6.07, 6.45) is 3.24. The van der Waals surface area contributed by atoms with Crippen LogP contribution in [0.1, 0.15) is 40.5 Å². The molecular weight excluding hydrogens is 202 g/mol. The number of rotatable bonds is 1. The molecule has 1 amide bonds. The molecule has 0 spiro atoms. The van der Waals surface area contributed by atoms with Crippen LogP contribution >= 0.6 is 0 Å². The lowest BCUT2D eigenvalue weighted by Crippen LogP contribution is -2.59. The van der Waals surface area contributed by atoms with E-state index in [9.17, 15) is 4.79 Å². The van der Waals surface area contributed by atoms with Crippen molar-refractivity contribution in [2.24, 2.45) is 15.9 Å². The van der Waals surface area contributed by atoms with Gasteiger partial charge in [-0.2, -0.15) is 4.99 Å². The third kappa shape index (κ3) is 2.21. The molecule has 0 bridgehead atoms. The smallest absolute Gasteiger partial charge is 0.293 e. The number of hydrogen-bond acceptors (Lipinski definition) is 3. The third-order valence-electron chi connectivity index (χ3n) is 3.17. The van der Waals surface area contributed by atoms with Gasteiger partial charge in [0.25, 0.3) is 5.91 Å². The van der Waals surface area contributed by atoms with Crippen LogP contribution in [0.3, 0.4) is 0 Å². The molecule has 16 heavy (non-hydrogen) atoms. The Balaban J connectivity index is 2.20. The molecule has 2 aliphatic heterocycles. The molecule has 2 heterocycles. The first-order chi connectivity index (χ1) is 7.29. The number of carbonyl (C=O) groups excluding carboxylic acids is 1. The highest BCUT2D eigenvalue weighted by Crippen LogP contribution is 2.34. The Bertz CT molecular complexity index is 364. The molecule has 0 aromatic carbocycles. The molecule has 0 aliphatic carbocycles. The van der Waals surface area contributed by atoms with E-state index in [1.807, 2.05) is 0 Å². The summed E-state index contributed by atoms with van der Waals surface area (Å²) in [5.41, 5.74) is 0.720. The fourth-order valence-electron chi connectivity index (χ4n) is 3.06. The van der Waals surface area contributed by atoms with Gasteiger partial charge >= 0.3 is 0 Å². The summed E-state index contributed by atoms with van der Waals surface area (Å²) in [5.74, 6) is 0.0692. The van der Waals surface area contributed by atoms with Gasteiger partial charge in [0.05, 0.1) is 0 Å². The molecule has 2 aliphatic rings. The molecule has 1 fully saturated rings. The largest absolute Gasteiger partial charge is 0.307 e. The highest BCUT2D eigenvalue weighted by molar-refractivity contribution is 6.44. The maximum Gasteiger partial charge on any atom is 0.293 e. The number of nitrogens with zero attached hydrogens (tertiary/aromatic N) is 2. The second-order valence-electron chi connectivity index (χ2n) is 6.06. The minimum atomic E-state index is -0.154. The monoisotopic (exact) mass is 221 g/mol. The summed E-state index contributed by atoms with van der Waals surface area (Å²) < 4.78 is 0. The van der Waals surface area contributed by atoms with E-state index in [1.54, 1.807) is 0 Å². The Labute approximate surface area is 96.2 Å². The molecule has 0 unspecified atom stereocenters. The molecule has 2 rings (SSSR count). The fourth-order valence-corrected chi connectivity index (χ4v) is 3.06. The standard InChI is InChI=1S/C12H19N3O/c1-11(2)5-8(6-12(3,4)15-11)9-10(16)14-7-13-9/h7-8,15H,5-6H2,1-4H3. The van der Waals surface area contributed by atoms with Gasteiger partial charge in [0.1, 0.15) is 12.1 Å². The normalized spacial score (nSPS) is 28.2. The lowest BCUT2D eigenvalue weighted by molar-refractivity contribution is -0.111. The molecule has 4 nitrogen and oxygen atoms in total. The van der Waals surface area contributed by atoms with Crippen LogP contribution in [0.25, 0.3) is 0 Å². The summed E-state index contributed by atoms with van der Waals surface area (Å²) in [7, 11) is 0. The zero-order valence-electron chi connectivity index (χ0n) is 10.4. The van der Waals surface area contributed by atoms with Crippen molar-refractivity contribution in [2.75, 3.05) is 0 Å². The lowest BCUT2D eigenvalue weighted by atomic mass is 9.74. The Morgan fingerprint density at radius 3 is 2.25 bits per heavy atom. The van der Waals surface area contributed by atoms with Gasteiger partial charge in [0.2, 0.25) is 0 Å². The average molecular weight is 221 g/mol.